The van der Waals surface area contributed by atoms with Crippen LogP contribution in [0.5, 0.6) is 0 Å². The second-order valence-electron chi connectivity index (χ2n) is 4.51. The molecule has 0 aliphatic heterocycles. The van der Waals surface area contributed by atoms with Gasteiger partial charge in [-0.25, -0.2) is 5.43 Å². The SMILES string of the molecule is Cc1cc(C(NN)C2=CCCCC2)sc1C. The lowest BCUT2D eigenvalue weighted by atomic mass is 9.93. The van der Waals surface area contributed by atoms with E-state index in [0.717, 1.165) is 0 Å². The van der Waals surface area contributed by atoms with Crippen molar-refractivity contribution in [3.05, 3.63) is 33.0 Å². The Morgan fingerprint density at radius 3 is 2.69 bits per heavy atom. The fraction of sp³-hybridized carbons (Fsp3) is 0.538. The van der Waals surface area contributed by atoms with Crippen molar-refractivity contribution in [3.63, 3.8) is 0 Å². The van der Waals surface area contributed by atoms with Crippen molar-refractivity contribution in [2.45, 2.75) is 45.6 Å². The molecule has 0 saturated carbocycles. The molecular formula is C13H20N2S. The molecule has 1 aliphatic rings. The van der Waals surface area contributed by atoms with E-state index in [9.17, 15) is 0 Å². The molecule has 1 atom stereocenters. The number of hydrogen-bond donors (Lipinski definition) is 2. The largest absolute Gasteiger partial charge is 0.271 e. The van der Waals surface area contributed by atoms with Crippen molar-refractivity contribution in [3.8, 4) is 0 Å². The predicted molar refractivity (Wildman–Crippen MR) is 70.4 cm³/mol. The first kappa shape index (κ1) is 11.8. The fourth-order valence-electron chi connectivity index (χ4n) is 2.24. The maximum absolute atomic E-state index is 5.71. The van der Waals surface area contributed by atoms with E-state index in [1.54, 1.807) is 0 Å². The van der Waals surface area contributed by atoms with E-state index in [1.165, 1.54) is 46.6 Å². The van der Waals surface area contributed by atoms with Crippen LogP contribution in [0.1, 0.15) is 47.0 Å². The van der Waals surface area contributed by atoms with Gasteiger partial charge in [0, 0.05) is 9.75 Å². The zero-order chi connectivity index (χ0) is 11.5. The van der Waals surface area contributed by atoms with Crippen LogP contribution in [0.2, 0.25) is 0 Å². The summed E-state index contributed by atoms with van der Waals surface area (Å²) in [6, 6.07) is 2.50. The molecule has 16 heavy (non-hydrogen) atoms. The molecule has 1 aromatic heterocycles. The zero-order valence-electron chi connectivity index (χ0n) is 10.0. The number of allylic oxidation sites excluding steroid dienone is 1. The molecule has 0 spiro atoms. The third-order valence-corrected chi connectivity index (χ3v) is 4.55. The number of nitrogens with one attached hydrogen (secondary N) is 1. The Balaban J connectivity index is 2.24. The van der Waals surface area contributed by atoms with Crippen LogP contribution in [-0.4, -0.2) is 0 Å². The van der Waals surface area contributed by atoms with E-state index in [0.29, 0.717) is 0 Å². The normalized spacial score (nSPS) is 18.3. The quantitative estimate of drug-likeness (QED) is 0.480. The van der Waals surface area contributed by atoms with Crippen LogP contribution in [0.15, 0.2) is 17.7 Å². The monoisotopic (exact) mass is 236 g/mol. The van der Waals surface area contributed by atoms with Crippen molar-refractivity contribution < 1.29 is 0 Å². The van der Waals surface area contributed by atoms with Gasteiger partial charge in [0.15, 0.2) is 0 Å². The van der Waals surface area contributed by atoms with Gasteiger partial charge < -0.3 is 0 Å². The minimum atomic E-state index is 0.234. The van der Waals surface area contributed by atoms with Crippen LogP contribution in [0.25, 0.3) is 0 Å². The summed E-state index contributed by atoms with van der Waals surface area (Å²) in [5.74, 6) is 5.71. The van der Waals surface area contributed by atoms with Gasteiger partial charge in [-0.2, -0.15) is 0 Å². The van der Waals surface area contributed by atoms with Crippen LogP contribution >= 0.6 is 11.3 Å². The van der Waals surface area contributed by atoms with Crippen LogP contribution in [0.3, 0.4) is 0 Å². The summed E-state index contributed by atoms with van der Waals surface area (Å²) in [5.41, 5.74) is 5.81. The molecule has 1 heterocycles. The third kappa shape index (κ3) is 2.37. The van der Waals surface area contributed by atoms with Crippen LogP contribution in [0, 0.1) is 13.8 Å². The minimum Gasteiger partial charge on any atom is -0.271 e. The Morgan fingerprint density at radius 2 is 2.19 bits per heavy atom. The average Bonchev–Trinajstić information content (AvgIpc) is 2.61. The van der Waals surface area contributed by atoms with Crippen molar-refractivity contribution in [2.24, 2.45) is 5.84 Å². The lowest BCUT2D eigenvalue weighted by molar-refractivity contribution is 0.572. The second-order valence-corrected chi connectivity index (χ2v) is 5.80. The summed E-state index contributed by atoms with van der Waals surface area (Å²) in [6.07, 6.45) is 7.37. The van der Waals surface area contributed by atoms with E-state index in [2.05, 4.69) is 31.4 Å². The van der Waals surface area contributed by atoms with E-state index >= 15 is 0 Å². The molecule has 2 rings (SSSR count). The van der Waals surface area contributed by atoms with E-state index in [1.807, 2.05) is 11.3 Å². The van der Waals surface area contributed by atoms with Crippen molar-refractivity contribution in [2.75, 3.05) is 0 Å². The van der Waals surface area contributed by atoms with Gasteiger partial charge in [-0.05, 0) is 51.2 Å². The summed E-state index contributed by atoms with van der Waals surface area (Å²) in [7, 11) is 0. The van der Waals surface area contributed by atoms with Gasteiger partial charge in [0.1, 0.15) is 0 Å². The summed E-state index contributed by atoms with van der Waals surface area (Å²) in [5, 5.41) is 0. The maximum atomic E-state index is 5.71. The number of hydrogen-bond acceptors (Lipinski definition) is 3. The first-order chi connectivity index (χ1) is 7.72. The number of nitrogens with two attached hydrogens (primary N) is 1. The summed E-state index contributed by atoms with van der Waals surface area (Å²) < 4.78 is 0. The van der Waals surface area contributed by atoms with Gasteiger partial charge in [0.05, 0.1) is 6.04 Å². The lowest BCUT2D eigenvalue weighted by Crippen LogP contribution is -2.29. The number of rotatable bonds is 3. The Kier molecular flexibility index (Phi) is 3.79. The van der Waals surface area contributed by atoms with Crippen molar-refractivity contribution >= 4 is 11.3 Å². The standard InChI is InChI=1S/C13H20N2S/c1-9-8-12(16-10(9)2)13(15-14)11-6-4-3-5-7-11/h6,8,13,15H,3-5,7,14H2,1-2H3. The van der Waals surface area contributed by atoms with Gasteiger partial charge in [0.2, 0.25) is 0 Å². The molecule has 0 aromatic carbocycles. The van der Waals surface area contributed by atoms with Gasteiger partial charge in [-0.15, -0.1) is 11.3 Å². The third-order valence-electron chi connectivity index (χ3n) is 3.33. The highest BCUT2D eigenvalue weighted by Crippen LogP contribution is 2.34. The number of hydrazine groups is 1. The molecule has 0 fully saturated rings. The van der Waals surface area contributed by atoms with E-state index < -0.39 is 0 Å². The fourth-order valence-corrected chi connectivity index (χ4v) is 3.39. The lowest BCUT2D eigenvalue weighted by Gasteiger charge is -2.21. The summed E-state index contributed by atoms with van der Waals surface area (Å²) in [4.78, 5) is 2.75. The van der Waals surface area contributed by atoms with Gasteiger partial charge in [0.25, 0.3) is 0 Å². The molecule has 88 valence electrons. The van der Waals surface area contributed by atoms with Crippen LogP contribution in [-0.2, 0) is 0 Å². The van der Waals surface area contributed by atoms with E-state index in [-0.39, 0.29) is 6.04 Å². The topological polar surface area (TPSA) is 38.0 Å². The van der Waals surface area contributed by atoms with Crippen molar-refractivity contribution in [1.29, 1.82) is 0 Å². The molecule has 1 unspecified atom stereocenters. The summed E-state index contributed by atoms with van der Waals surface area (Å²) >= 11 is 1.86. The molecule has 0 saturated heterocycles. The van der Waals surface area contributed by atoms with E-state index in [4.69, 9.17) is 5.84 Å². The predicted octanol–water partition coefficient (Wildman–Crippen LogP) is 3.37. The molecular weight excluding hydrogens is 216 g/mol. The smallest absolute Gasteiger partial charge is 0.0762 e. The Hall–Kier alpha value is -0.640. The Morgan fingerprint density at radius 1 is 1.38 bits per heavy atom. The molecule has 2 nitrogen and oxygen atoms in total. The van der Waals surface area contributed by atoms with Gasteiger partial charge in [-0.3, -0.25) is 5.84 Å². The number of aryl methyl sites for hydroxylation is 2. The zero-order valence-corrected chi connectivity index (χ0v) is 10.9. The molecule has 1 aliphatic carbocycles. The van der Waals surface area contributed by atoms with Gasteiger partial charge >= 0.3 is 0 Å². The first-order valence-corrected chi connectivity index (χ1v) is 6.76. The van der Waals surface area contributed by atoms with Crippen LogP contribution in [0.4, 0.5) is 0 Å². The minimum absolute atomic E-state index is 0.234. The molecule has 0 bridgehead atoms. The molecule has 0 amide bonds. The molecule has 3 N–H and O–H groups in total. The first-order valence-electron chi connectivity index (χ1n) is 5.94. The number of thiophene rings is 1. The maximum Gasteiger partial charge on any atom is 0.0762 e. The average molecular weight is 236 g/mol. The molecule has 1 aromatic rings. The highest BCUT2D eigenvalue weighted by atomic mass is 32.1. The second kappa shape index (κ2) is 5.13. The molecule has 0 radical (unpaired) electrons. The van der Waals surface area contributed by atoms with Crippen molar-refractivity contribution in [1.82, 2.24) is 5.43 Å². The Labute approximate surface area is 102 Å². The van der Waals surface area contributed by atoms with Gasteiger partial charge in [-0.1, -0.05) is 11.6 Å². The summed E-state index contributed by atoms with van der Waals surface area (Å²) in [6.45, 7) is 4.34. The van der Waals surface area contributed by atoms with Crippen LogP contribution < -0.4 is 11.3 Å². The highest BCUT2D eigenvalue weighted by molar-refractivity contribution is 7.12. The highest BCUT2D eigenvalue weighted by Gasteiger charge is 2.19. The Bertz CT molecular complexity index is 373. The molecule has 3 heteroatoms.